The average molecular weight is 474 g/mol. The molecule has 0 aliphatic carbocycles. The molecular formula is C27H24ClN3O3. The molecule has 34 heavy (non-hydrogen) atoms. The number of carbonyl (C=O) groups excluding carboxylic acids is 2. The fraction of sp³-hybridized carbons (Fsp3) is 0.185. The summed E-state index contributed by atoms with van der Waals surface area (Å²) >= 11 is 5.95. The van der Waals surface area contributed by atoms with Crippen molar-refractivity contribution in [3.05, 3.63) is 104 Å². The number of carbonyl (C=O) groups is 2. The molecule has 0 fully saturated rings. The second-order valence-electron chi connectivity index (χ2n) is 8.14. The minimum absolute atomic E-state index is 0.0214. The number of nitrogens with zero attached hydrogens (tertiary/aromatic N) is 3. The van der Waals surface area contributed by atoms with Crippen LogP contribution >= 0.6 is 11.6 Å². The van der Waals surface area contributed by atoms with Crippen molar-refractivity contribution in [2.24, 2.45) is 0 Å². The minimum Gasteiger partial charge on any atom is -0.322 e. The van der Waals surface area contributed by atoms with Gasteiger partial charge in [0.1, 0.15) is 12.2 Å². The van der Waals surface area contributed by atoms with E-state index in [-0.39, 0.29) is 23.4 Å². The van der Waals surface area contributed by atoms with Crippen LogP contribution in [0.1, 0.15) is 34.1 Å². The number of pyridine rings is 2. The molecule has 0 unspecified atom stereocenters. The van der Waals surface area contributed by atoms with Crippen LogP contribution < -0.4 is 10.3 Å². The first-order valence-corrected chi connectivity index (χ1v) is 11.3. The first kappa shape index (κ1) is 23.4. The molecule has 4 rings (SSSR count). The standard InChI is InChI=1S/C27H24ClN3O3/c1-4-31(21-7-5-6-17(2)14-21)24(32)16-30-15-23(25(33)19-9-11-20(28)12-10-19)26(34)22-13-8-18(3)29-27(22)30/h5-15H,4,16H2,1-3H3. The highest BCUT2D eigenvalue weighted by Gasteiger charge is 2.21. The van der Waals surface area contributed by atoms with Crippen molar-refractivity contribution < 1.29 is 9.59 Å². The third-order valence-electron chi connectivity index (χ3n) is 5.65. The van der Waals surface area contributed by atoms with E-state index >= 15 is 0 Å². The number of hydrogen-bond donors (Lipinski definition) is 0. The van der Waals surface area contributed by atoms with Gasteiger partial charge in [-0.3, -0.25) is 14.4 Å². The first-order valence-electron chi connectivity index (χ1n) is 11.0. The van der Waals surface area contributed by atoms with Gasteiger partial charge in [0, 0.05) is 34.7 Å². The van der Waals surface area contributed by atoms with Crippen LogP contribution in [0.15, 0.2) is 71.7 Å². The maximum atomic E-state index is 13.4. The molecular weight excluding hydrogens is 450 g/mol. The summed E-state index contributed by atoms with van der Waals surface area (Å²) in [7, 11) is 0. The van der Waals surface area contributed by atoms with Gasteiger partial charge in [-0.15, -0.1) is 0 Å². The Hall–Kier alpha value is -3.77. The van der Waals surface area contributed by atoms with Gasteiger partial charge in [-0.05, 0) is 74.9 Å². The van der Waals surface area contributed by atoms with Gasteiger partial charge in [0.2, 0.25) is 11.3 Å². The van der Waals surface area contributed by atoms with Gasteiger partial charge in [0.05, 0.1) is 10.9 Å². The monoisotopic (exact) mass is 473 g/mol. The molecule has 4 aromatic rings. The van der Waals surface area contributed by atoms with E-state index in [0.29, 0.717) is 28.5 Å². The van der Waals surface area contributed by atoms with Crippen LogP contribution in [0.3, 0.4) is 0 Å². The number of anilines is 1. The van der Waals surface area contributed by atoms with Crippen molar-refractivity contribution in [2.45, 2.75) is 27.3 Å². The van der Waals surface area contributed by atoms with E-state index in [1.54, 1.807) is 45.9 Å². The number of benzene rings is 2. The number of aromatic nitrogens is 2. The molecule has 6 nitrogen and oxygen atoms in total. The largest absolute Gasteiger partial charge is 0.322 e. The van der Waals surface area contributed by atoms with Crippen LogP contribution in [-0.2, 0) is 11.3 Å². The molecule has 0 saturated carbocycles. The van der Waals surface area contributed by atoms with Crippen LogP contribution in [0.25, 0.3) is 11.0 Å². The Morgan fingerprint density at radius 3 is 2.44 bits per heavy atom. The van der Waals surface area contributed by atoms with E-state index in [1.807, 2.05) is 45.0 Å². The van der Waals surface area contributed by atoms with Gasteiger partial charge >= 0.3 is 0 Å². The van der Waals surface area contributed by atoms with Crippen LogP contribution in [0, 0.1) is 13.8 Å². The lowest BCUT2D eigenvalue weighted by Crippen LogP contribution is -2.34. The Labute approximate surface area is 202 Å². The summed E-state index contributed by atoms with van der Waals surface area (Å²) < 4.78 is 1.59. The van der Waals surface area contributed by atoms with Crippen molar-refractivity contribution in [3.8, 4) is 0 Å². The molecule has 0 bridgehead atoms. The quantitative estimate of drug-likeness (QED) is 0.371. The zero-order chi connectivity index (χ0) is 24.4. The van der Waals surface area contributed by atoms with Crippen LogP contribution in [-0.4, -0.2) is 27.8 Å². The summed E-state index contributed by atoms with van der Waals surface area (Å²) in [4.78, 5) is 46.0. The lowest BCUT2D eigenvalue weighted by molar-refractivity contribution is -0.119. The molecule has 0 radical (unpaired) electrons. The summed E-state index contributed by atoms with van der Waals surface area (Å²) in [6.07, 6.45) is 1.44. The van der Waals surface area contributed by atoms with Crippen LogP contribution in [0.5, 0.6) is 0 Å². The highest BCUT2D eigenvalue weighted by molar-refractivity contribution is 6.30. The molecule has 0 saturated heterocycles. The molecule has 2 heterocycles. The van der Waals surface area contributed by atoms with E-state index in [4.69, 9.17) is 11.6 Å². The summed E-state index contributed by atoms with van der Waals surface area (Å²) in [6, 6.07) is 17.4. The zero-order valence-corrected chi connectivity index (χ0v) is 20.0. The van der Waals surface area contributed by atoms with Crippen molar-refractivity contribution in [3.63, 3.8) is 0 Å². The van der Waals surface area contributed by atoms with E-state index in [0.717, 1.165) is 11.3 Å². The molecule has 0 atom stereocenters. The Bertz CT molecular complexity index is 1460. The van der Waals surface area contributed by atoms with Gasteiger partial charge in [-0.1, -0.05) is 23.7 Å². The van der Waals surface area contributed by atoms with Gasteiger partial charge in [-0.25, -0.2) is 4.98 Å². The van der Waals surface area contributed by atoms with Gasteiger partial charge in [-0.2, -0.15) is 0 Å². The number of amides is 1. The Morgan fingerprint density at radius 2 is 1.76 bits per heavy atom. The molecule has 2 aromatic carbocycles. The fourth-order valence-electron chi connectivity index (χ4n) is 3.93. The van der Waals surface area contributed by atoms with Crippen molar-refractivity contribution in [1.29, 1.82) is 0 Å². The Balaban J connectivity index is 1.81. The maximum absolute atomic E-state index is 13.4. The lowest BCUT2D eigenvalue weighted by Gasteiger charge is -2.23. The maximum Gasteiger partial charge on any atom is 0.246 e. The predicted octanol–water partition coefficient (Wildman–Crippen LogP) is 4.95. The number of fused-ring (bicyclic) bond motifs is 1. The number of aryl methyl sites for hydroxylation is 2. The third-order valence-corrected chi connectivity index (χ3v) is 5.90. The van der Waals surface area contributed by atoms with Crippen molar-refractivity contribution in [1.82, 2.24) is 9.55 Å². The minimum atomic E-state index is -0.434. The molecule has 1 amide bonds. The molecule has 0 aliphatic rings. The average Bonchev–Trinajstić information content (AvgIpc) is 2.81. The van der Waals surface area contributed by atoms with Gasteiger partial charge < -0.3 is 9.47 Å². The highest BCUT2D eigenvalue weighted by atomic mass is 35.5. The number of ketones is 1. The second kappa shape index (κ2) is 9.61. The smallest absolute Gasteiger partial charge is 0.246 e. The summed E-state index contributed by atoms with van der Waals surface area (Å²) in [6.45, 7) is 6.09. The Kier molecular flexibility index (Phi) is 6.61. The number of hydrogen-bond acceptors (Lipinski definition) is 4. The van der Waals surface area contributed by atoms with Crippen LogP contribution in [0.2, 0.25) is 5.02 Å². The normalized spacial score (nSPS) is 10.9. The van der Waals surface area contributed by atoms with E-state index in [2.05, 4.69) is 4.98 Å². The number of likely N-dealkylation sites (N-methyl/N-ethyl adjacent to an activating group) is 1. The van der Waals surface area contributed by atoms with Crippen molar-refractivity contribution >= 4 is 40.0 Å². The first-order chi connectivity index (χ1) is 16.3. The van der Waals surface area contributed by atoms with Crippen LogP contribution in [0.4, 0.5) is 5.69 Å². The molecule has 0 spiro atoms. The Morgan fingerprint density at radius 1 is 1.03 bits per heavy atom. The molecule has 2 aromatic heterocycles. The molecule has 7 heteroatoms. The zero-order valence-electron chi connectivity index (χ0n) is 19.2. The summed E-state index contributed by atoms with van der Waals surface area (Å²) in [5.74, 6) is -0.609. The number of rotatable bonds is 6. The lowest BCUT2D eigenvalue weighted by atomic mass is 10.0. The second-order valence-corrected chi connectivity index (χ2v) is 8.57. The van der Waals surface area contributed by atoms with Crippen molar-refractivity contribution in [2.75, 3.05) is 11.4 Å². The molecule has 0 N–H and O–H groups in total. The summed E-state index contributed by atoms with van der Waals surface area (Å²) in [5, 5.41) is 0.783. The topological polar surface area (TPSA) is 72.3 Å². The third kappa shape index (κ3) is 4.63. The molecule has 172 valence electrons. The number of halogens is 1. The molecule has 0 aliphatic heterocycles. The SMILES string of the molecule is CCN(C(=O)Cn1cc(C(=O)c2ccc(Cl)cc2)c(=O)c2ccc(C)nc21)c1cccc(C)c1. The summed E-state index contributed by atoms with van der Waals surface area (Å²) in [5.41, 5.74) is 2.81. The van der Waals surface area contributed by atoms with Gasteiger partial charge in [0.25, 0.3) is 0 Å². The van der Waals surface area contributed by atoms with Gasteiger partial charge in [0.15, 0.2) is 5.78 Å². The van der Waals surface area contributed by atoms with E-state index in [9.17, 15) is 14.4 Å². The fourth-order valence-corrected chi connectivity index (χ4v) is 4.05. The van der Waals surface area contributed by atoms with E-state index < -0.39 is 11.2 Å². The van der Waals surface area contributed by atoms with E-state index in [1.165, 1.54) is 6.20 Å². The predicted molar refractivity (Wildman–Crippen MR) is 135 cm³/mol. The highest BCUT2D eigenvalue weighted by Crippen LogP contribution is 2.19.